The van der Waals surface area contributed by atoms with Crippen LogP contribution in [-0.4, -0.2) is 199 Å². The van der Waals surface area contributed by atoms with Gasteiger partial charge >= 0.3 is 17.9 Å². The molecule has 11 atom stereocenters. The fourth-order valence-electron chi connectivity index (χ4n) is 8.32. The maximum atomic E-state index is 13.9. The molecule has 0 radical (unpaired) electrons. The highest BCUT2D eigenvalue weighted by Gasteiger charge is 2.42. The Morgan fingerprint density at radius 1 is 0.613 bits per heavy atom. The van der Waals surface area contributed by atoms with Crippen molar-refractivity contribution in [3.8, 4) is 0 Å². The molecule has 0 saturated carbocycles. The lowest BCUT2D eigenvalue weighted by Gasteiger charge is -2.31. The van der Waals surface area contributed by atoms with Gasteiger partial charge in [0, 0.05) is 25.9 Å². The highest BCUT2D eigenvalue weighted by molar-refractivity contribution is 5.99. The summed E-state index contributed by atoms with van der Waals surface area (Å²) in [4.78, 5) is 158. The number of likely N-dealkylation sites (tertiary alicyclic amines) is 2. The lowest BCUT2D eigenvalue weighted by atomic mass is 10.0. The molecule has 16 N–H and O–H groups in total. The highest BCUT2D eigenvalue weighted by Crippen LogP contribution is 2.22. The first-order chi connectivity index (χ1) is 35.4. The van der Waals surface area contributed by atoms with Gasteiger partial charge in [-0.3, -0.25) is 57.5 Å². The highest BCUT2D eigenvalue weighted by atomic mass is 16.4. The molecule has 2 heterocycles. The Hall–Kier alpha value is -7.30. The van der Waals surface area contributed by atoms with Crippen molar-refractivity contribution in [3.63, 3.8) is 0 Å². The Balaban J connectivity index is 1.71. The fraction of sp³-hybridized carbons (Fsp3) is 0.617. The summed E-state index contributed by atoms with van der Waals surface area (Å²) in [5.41, 5.74) is 12.1. The van der Waals surface area contributed by atoms with E-state index in [1.54, 1.807) is 30.3 Å². The van der Waals surface area contributed by atoms with Crippen LogP contribution in [-0.2, 0) is 64.0 Å². The Labute approximate surface area is 431 Å². The molecule has 0 spiro atoms. The number of aliphatic carboxylic acids is 3. The first kappa shape index (κ1) is 62.0. The van der Waals surface area contributed by atoms with Crippen molar-refractivity contribution in [1.29, 1.82) is 0 Å². The summed E-state index contributed by atoms with van der Waals surface area (Å²) in [5, 5.41) is 65.3. The van der Waals surface area contributed by atoms with Gasteiger partial charge < -0.3 is 84.0 Å². The SMILES string of the molecule is C[C@H](NC(=O)[C@H](CCCCN)NC(=O)[C@@H]1CCCN1C(=O)[C@H](CC(=O)O)NC(=O)[C@@H](NC(=O)[C@H](C)NC(=O)[C@H](CO)NC(=O)[C@H](Cc1ccccc1)NC(=O)[C@@H]1CCCN1C(=O)[C@@H](N)CCC(=O)O)[C@@H](C)O)C(=O)O. The maximum Gasteiger partial charge on any atom is 0.325 e. The number of nitrogens with zero attached hydrogens (tertiary/aromatic N) is 2. The number of hydrogen-bond acceptors (Lipinski definition) is 16. The number of hydrogen-bond donors (Lipinski definition) is 14. The molecular weight excluding hydrogens is 991 g/mol. The molecule has 3 rings (SSSR count). The van der Waals surface area contributed by atoms with Crippen molar-refractivity contribution < 1.29 is 83.1 Å². The summed E-state index contributed by atoms with van der Waals surface area (Å²) in [6, 6.07) is -6.12. The predicted molar refractivity (Wildman–Crippen MR) is 261 cm³/mol. The molecule has 0 bridgehead atoms. The number of carboxylic acids is 3. The first-order valence-electron chi connectivity index (χ1n) is 24.6. The minimum absolute atomic E-state index is 0.0632. The summed E-state index contributed by atoms with van der Waals surface area (Å²) in [6.07, 6.45) is -1.60. The number of rotatable bonds is 30. The third-order valence-corrected chi connectivity index (χ3v) is 12.5. The van der Waals surface area contributed by atoms with Gasteiger partial charge in [0.05, 0.1) is 25.2 Å². The number of benzene rings is 1. The molecule has 2 aliphatic rings. The molecule has 0 aliphatic carbocycles. The topological polar surface area (TPSA) is 449 Å². The Bertz CT molecular complexity index is 2220. The van der Waals surface area contributed by atoms with Gasteiger partial charge in [-0.25, -0.2) is 0 Å². The van der Waals surface area contributed by atoms with E-state index in [1.165, 1.54) is 11.8 Å². The third kappa shape index (κ3) is 19.2. The molecule has 2 saturated heterocycles. The van der Waals surface area contributed by atoms with Crippen LogP contribution in [0, 0.1) is 0 Å². The molecule has 0 aromatic heterocycles. The maximum absolute atomic E-state index is 13.9. The largest absolute Gasteiger partial charge is 0.481 e. The number of carbonyl (C=O) groups is 12. The lowest BCUT2D eigenvalue weighted by molar-refractivity contribution is -0.146. The molecule has 28 heteroatoms. The summed E-state index contributed by atoms with van der Waals surface area (Å²) >= 11 is 0. The zero-order valence-electron chi connectivity index (χ0n) is 42.0. The lowest BCUT2D eigenvalue weighted by Crippen LogP contribution is -2.62. The molecule has 1 aromatic carbocycles. The van der Waals surface area contributed by atoms with Gasteiger partial charge in [0.25, 0.3) is 0 Å². The second kappa shape index (κ2) is 30.2. The monoisotopic (exact) mass is 1060 g/mol. The number of amides is 9. The van der Waals surface area contributed by atoms with Gasteiger partial charge in [-0.05, 0) is 84.2 Å². The van der Waals surface area contributed by atoms with Gasteiger partial charge in [0.1, 0.15) is 54.4 Å². The quantitative estimate of drug-likeness (QED) is 0.0321. The molecule has 2 aliphatic heterocycles. The third-order valence-electron chi connectivity index (χ3n) is 12.5. The zero-order valence-corrected chi connectivity index (χ0v) is 42.0. The molecular formula is C47H71N11O17. The normalized spacial score (nSPS) is 18.8. The summed E-state index contributed by atoms with van der Waals surface area (Å²) in [7, 11) is 0. The van der Waals surface area contributed by atoms with Gasteiger partial charge in [-0.1, -0.05) is 30.3 Å². The number of nitrogens with one attached hydrogen (secondary N) is 7. The van der Waals surface area contributed by atoms with Crippen molar-refractivity contribution in [3.05, 3.63) is 35.9 Å². The van der Waals surface area contributed by atoms with E-state index in [9.17, 15) is 78.0 Å². The number of carboxylic acid groups (broad SMARTS) is 3. The molecule has 416 valence electrons. The molecule has 1 aromatic rings. The van der Waals surface area contributed by atoms with Crippen molar-refractivity contribution >= 4 is 71.1 Å². The van der Waals surface area contributed by atoms with Gasteiger partial charge in [-0.2, -0.15) is 0 Å². The van der Waals surface area contributed by atoms with E-state index >= 15 is 0 Å². The van der Waals surface area contributed by atoms with Crippen LogP contribution < -0.4 is 48.7 Å². The van der Waals surface area contributed by atoms with Crippen LogP contribution in [0.25, 0.3) is 0 Å². The van der Waals surface area contributed by atoms with E-state index in [0.717, 1.165) is 18.7 Å². The van der Waals surface area contributed by atoms with Gasteiger partial charge in [0.2, 0.25) is 53.2 Å². The van der Waals surface area contributed by atoms with E-state index in [2.05, 4.69) is 37.2 Å². The second-order valence-corrected chi connectivity index (χ2v) is 18.4. The van der Waals surface area contributed by atoms with Crippen LogP contribution in [0.15, 0.2) is 30.3 Å². The minimum atomic E-state index is -1.89. The number of aliphatic hydroxyl groups is 2. The van der Waals surface area contributed by atoms with E-state index < -0.39 is 151 Å². The predicted octanol–water partition coefficient (Wildman–Crippen LogP) is -5.10. The van der Waals surface area contributed by atoms with E-state index in [1.807, 2.05) is 0 Å². The molecule has 0 unspecified atom stereocenters. The average Bonchev–Trinajstić information content (AvgIpc) is 4.07. The van der Waals surface area contributed by atoms with Crippen molar-refractivity contribution in [1.82, 2.24) is 47.0 Å². The van der Waals surface area contributed by atoms with Gasteiger partial charge in [0.15, 0.2) is 0 Å². The summed E-state index contributed by atoms with van der Waals surface area (Å²) in [5.74, 6) is -12.5. The molecule has 75 heavy (non-hydrogen) atoms. The summed E-state index contributed by atoms with van der Waals surface area (Å²) < 4.78 is 0. The average molecular weight is 1060 g/mol. The Morgan fingerprint density at radius 2 is 1.15 bits per heavy atom. The first-order valence-corrected chi connectivity index (χ1v) is 24.6. The van der Waals surface area contributed by atoms with Crippen molar-refractivity contribution in [2.45, 2.75) is 158 Å². The van der Waals surface area contributed by atoms with E-state index in [-0.39, 0.29) is 64.6 Å². The van der Waals surface area contributed by atoms with Crippen LogP contribution in [0.1, 0.15) is 90.5 Å². The van der Waals surface area contributed by atoms with E-state index in [4.69, 9.17) is 16.6 Å². The van der Waals surface area contributed by atoms with Crippen LogP contribution in [0.4, 0.5) is 0 Å². The zero-order chi connectivity index (χ0) is 56.1. The Morgan fingerprint density at radius 3 is 1.68 bits per heavy atom. The molecule has 2 fully saturated rings. The number of carbonyl (C=O) groups excluding carboxylic acids is 9. The number of nitrogens with two attached hydrogens (primary N) is 2. The number of unbranched alkanes of at least 4 members (excludes halogenated alkanes) is 1. The summed E-state index contributed by atoms with van der Waals surface area (Å²) in [6.45, 7) is 2.76. The van der Waals surface area contributed by atoms with Crippen molar-refractivity contribution in [2.24, 2.45) is 11.5 Å². The Kier molecular flexibility index (Phi) is 24.9. The minimum Gasteiger partial charge on any atom is -0.481 e. The number of aliphatic hydroxyl groups excluding tert-OH is 2. The smallest absolute Gasteiger partial charge is 0.325 e. The molecule has 9 amide bonds. The van der Waals surface area contributed by atoms with Crippen LogP contribution in [0.3, 0.4) is 0 Å². The van der Waals surface area contributed by atoms with E-state index in [0.29, 0.717) is 24.8 Å². The second-order valence-electron chi connectivity index (χ2n) is 18.4. The fourth-order valence-corrected chi connectivity index (χ4v) is 8.32. The van der Waals surface area contributed by atoms with Crippen LogP contribution in [0.2, 0.25) is 0 Å². The van der Waals surface area contributed by atoms with Crippen LogP contribution >= 0.6 is 0 Å². The van der Waals surface area contributed by atoms with Crippen LogP contribution in [0.5, 0.6) is 0 Å². The van der Waals surface area contributed by atoms with Gasteiger partial charge in [-0.15, -0.1) is 0 Å². The van der Waals surface area contributed by atoms with Crippen molar-refractivity contribution in [2.75, 3.05) is 26.2 Å². The molecule has 28 nitrogen and oxygen atoms in total. The standard InChI is InChI=1S/C47H71N11O17/c1-24(50-41(68)32(23-59)55-40(67)30(21-27-11-5-4-6-12-27)53-43(70)33-14-9-19-57(33)45(72)28(49)16-17-35(61)62)38(65)56-37(26(3)60)44(71)54-31(22-36(63)64)46(73)58-20-10-15-34(58)42(69)52-29(13-7-8-18-48)39(66)51-25(2)47(74)75/h4-6,11-12,24-26,28-34,37,59-60H,7-10,13-23,48-49H2,1-3H3,(H,50,68)(H,51,66)(H,52,69)(H,53,70)(H,54,71)(H,55,67)(H,56,65)(H,61,62)(H,63,64)(H,74,75)/t24-,25-,26+,28-,29-,30-,31-,32-,33-,34-,37-/m0/s1.